The van der Waals surface area contributed by atoms with Gasteiger partial charge in [0.15, 0.2) is 11.9 Å². The number of methoxy groups -OCH3 is 1. The normalized spacial score (nSPS) is 14.5. The Balaban J connectivity index is 2.48. The van der Waals surface area contributed by atoms with Crippen LogP contribution in [0.2, 0.25) is 0 Å². The van der Waals surface area contributed by atoms with Crippen LogP contribution in [0, 0.1) is 13.8 Å². The number of imidazole rings is 1. The largest absolute Gasteiger partial charge is 0.394 e. The molecule has 2 atom stereocenters. The number of rotatable bonds is 7. The van der Waals surface area contributed by atoms with Gasteiger partial charge in [0.2, 0.25) is 0 Å². The first kappa shape index (κ1) is 15.8. The summed E-state index contributed by atoms with van der Waals surface area (Å²) in [5.41, 5.74) is 2.06. The summed E-state index contributed by atoms with van der Waals surface area (Å²) in [5.74, 6) is 0.626. The van der Waals surface area contributed by atoms with E-state index in [1.54, 1.807) is 17.8 Å². The molecule has 0 amide bonds. The van der Waals surface area contributed by atoms with Crippen molar-refractivity contribution in [2.24, 2.45) is 0 Å². The van der Waals surface area contributed by atoms with E-state index in [9.17, 15) is 5.11 Å². The Kier molecular flexibility index (Phi) is 5.18. The molecule has 0 fully saturated rings. The molecule has 0 saturated carbocycles. The van der Waals surface area contributed by atoms with Gasteiger partial charge in [-0.25, -0.2) is 15.0 Å². The molecule has 0 radical (unpaired) electrons. The molecule has 2 heterocycles. The van der Waals surface area contributed by atoms with Gasteiger partial charge in [0.25, 0.3) is 0 Å². The van der Waals surface area contributed by atoms with Crippen molar-refractivity contribution in [2.45, 2.75) is 26.2 Å². The van der Waals surface area contributed by atoms with Crippen LogP contribution in [0.15, 0.2) is 6.33 Å². The number of aliphatic hydroxyl groups excluding tert-OH is 2. The summed E-state index contributed by atoms with van der Waals surface area (Å²) in [4.78, 5) is 13.0. The van der Waals surface area contributed by atoms with Gasteiger partial charge in [-0.3, -0.25) is 4.57 Å². The Labute approximate surface area is 122 Å². The number of hydrogen-bond acceptors (Lipinski definition) is 7. The number of nitrogens with zero attached hydrogens (tertiary/aromatic N) is 4. The smallest absolute Gasteiger partial charge is 0.166 e. The third kappa shape index (κ3) is 3.18. The van der Waals surface area contributed by atoms with Gasteiger partial charge in [0.1, 0.15) is 17.4 Å². The average molecular weight is 296 g/mol. The Morgan fingerprint density at radius 3 is 2.67 bits per heavy atom. The zero-order chi connectivity index (χ0) is 15.4. The standard InChI is InChI=1S/C13H20N4O4/c1-8-11-12(16-9(2)15-8)17(7-14-11)13(21-5-4-18)10(6-19)20-3/h7,10,13,18-19H,4-6H2,1-3H3/t10-,13-/m1/s1. The number of ether oxygens (including phenoxy) is 2. The fraction of sp³-hybridized carbons (Fsp3) is 0.615. The van der Waals surface area contributed by atoms with Crippen molar-refractivity contribution in [1.29, 1.82) is 0 Å². The maximum atomic E-state index is 9.44. The van der Waals surface area contributed by atoms with Crippen molar-refractivity contribution >= 4 is 11.2 Å². The predicted octanol–water partition coefficient (Wildman–Crippen LogP) is -0.0421. The van der Waals surface area contributed by atoms with E-state index in [1.165, 1.54) is 7.11 Å². The molecule has 0 unspecified atom stereocenters. The van der Waals surface area contributed by atoms with Crippen molar-refractivity contribution in [2.75, 3.05) is 26.9 Å². The lowest BCUT2D eigenvalue weighted by Gasteiger charge is -2.25. The van der Waals surface area contributed by atoms with E-state index in [2.05, 4.69) is 15.0 Å². The van der Waals surface area contributed by atoms with E-state index in [1.807, 2.05) is 6.92 Å². The highest BCUT2D eigenvalue weighted by Crippen LogP contribution is 2.22. The van der Waals surface area contributed by atoms with Gasteiger partial charge in [-0.15, -0.1) is 0 Å². The first-order chi connectivity index (χ1) is 10.1. The molecule has 2 N–H and O–H groups in total. The third-order valence-corrected chi connectivity index (χ3v) is 3.16. The Bertz CT molecular complexity index is 597. The molecule has 0 saturated heterocycles. The summed E-state index contributed by atoms with van der Waals surface area (Å²) < 4.78 is 12.5. The van der Waals surface area contributed by atoms with Crippen molar-refractivity contribution < 1.29 is 19.7 Å². The SMILES string of the molecule is CO[C@H](CO)[C@@H](OCCO)n1cnc2c(C)nc(C)nc21. The molecule has 2 aromatic rings. The van der Waals surface area contributed by atoms with E-state index in [4.69, 9.17) is 14.6 Å². The summed E-state index contributed by atoms with van der Waals surface area (Å²) in [6.45, 7) is 3.42. The highest BCUT2D eigenvalue weighted by Gasteiger charge is 2.26. The molecule has 0 aliphatic carbocycles. The van der Waals surface area contributed by atoms with Crippen LogP contribution in [-0.2, 0) is 9.47 Å². The molecule has 0 aliphatic rings. The zero-order valence-electron chi connectivity index (χ0n) is 12.4. The van der Waals surface area contributed by atoms with Crippen molar-refractivity contribution in [3.63, 3.8) is 0 Å². The van der Waals surface area contributed by atoms with Gasteiger partial charge in [0, 0.05) is 7.11 Å². The second-order valence-corrected chi connectivity index (χ2v) is 4.62. The molecule has 0 aliphatic heterocycles. The van der Waals surface area contributed by atoms with Crippen molar-refractivity contribution in [3.05, 3.63) is 17.8 Å². The molecule has 8 nitrogen and oxygen atoms in total. The van der Waals surface area contributed by atoms with Crippen LogP contribution in [0.3, 0.4) is 0 Å². The highest BCUT2D eigenvalue weighted by atomic mass is 16.6. The Hall–Kier alpha value is -1.61. The number of hydrogen-bond donors (Lipinski definition) is 2. The molecule has 2 rings (SSSR count). The fourth-order valence-corrected chi connectivity index (χ4v) is 2.20. The zero-order valence-corrected chi connectivity index (χ0v) is 12.4. The van der Waals surface area contributed by atoms with Gasteiger partial charge >= 0.3 is 0 Å². The Morgan fingerprint density at radius 2 is 2.05 bits per heavy atom. The van der Waals surface area contributed by atoms with Crippen LogP contribution in [0.5, 0.6) is 0 Å². The fourth-order valence-electron chi connectivity index (χ4n) is 2.20. The molecular formula is C13H20N4O4. The first-order valence-corrected chi connectivity index (χ1v) is 6.66. The third-order valence-electron chi connectivity index (χ3n) is 3.16. The minimum absolute atomic E-state index is 0.118. The second-order valence-electron chi connectivity index (χ2n) is 4.62. The summed E-state index contributed by atoms with van der Waals surface area (Å²) in [7, 11) is 1.49. The Morgan fingerprint density at radius 1 is 1.29 bits per heavy atom. The van der Waals surface area contributed by atoms with Crippen LogP contribution >= 0.6 is 0 Å². The lowest BCUT2D eigenvalue weighted by atomic mass is 10.3. The number of fused-ring (bicyclic) bond motifs is 1. The van der Waals surface area contributed by atoms with Gasteiger partial charge in [-0.1, -0.05) is 0 Å². The first-order valence-electron chi connectivity index (χ1n) is 6.66. The quantitative estimate of drug-likeness (QED) is 0.739. The van der Waals surface area contributed by atoms with Crippen LogP contribution in [0.1, 0.15) is 17.7 Å². The molecule has 0 spiro atoms. The number of aromatic nitrogens is 4. The van der Waals surface area contributed by atoms with E-state index >= 15 is 0 Å². The van der Waals surface area contributed by atoms with Gasteiger partial charge in [0.05, 0.1) is 31.8 Å². The summed E-state index contributed by atoms with van der Waals surface area (Å²) in [6.07, 6.45) is 0.352. The molecule has 0 bridgehead atoms. The van der Waals surface area contributed by atoms with E-state index < -0.39 is 12.3 Å². The molecule has 2 aromatic heterocycles. The van der Waals surface area contributed by atoms with Crippen molar-refractivity contribution in [1.82, 2.24) is 19.5 Å². The minimum atomic E-state index is -0.633. The summed E-state index contributed by atoms with van der Waals surface area (Å²) in [6, 6.07) is 0. The lowest BCUT2D eigenvalue weighted by molar-refractivity contribution is -0.117. The highest BCUT2D eigenvalue weighted by molar-refractivity contribution is 5.73. The van der Waals surface area contributed by atoms with Gasteiger partial charge in [-0.2, -0.15) is 0 Å². The maximum absolute atomic E-state index is 9.44. The molecular weight excluding hydrogens is 276 g/mol. The van der Waals surface area contributed by atoms with E-state index in [-0.39, 0.29) is 19.8 Å². The van der Waals surface area contributed by atoms with Crippen LogP contribution in [0.25, 0.3) is 11.2 Å². The minimum Gasteiger partial charge on any atom is -0.394 e. The second kappa shape index (κ2) is 6.90. The number of aliphatic hydroxyl groups is 2. The number of aryl methyl sites for hydroxylation is 2. The molecule has 21 heavy (non-hydrogen) atoms. The monoisotopic (exact) mass is 296 g/mol. The van der Waals surface area contributed by atoms with Crippen molar-refractivity contribution in [3.8, 4) is 0 Å². The van der Waals surface area contributed by atoms with Crippen LogP contribution in [0.4, 0.5) is 0 Å². The predicted molar refractivity (Wildman–Crippen MR) is 74.8 cm³/mol. The topological polar surface area (TPSA) is 103 Å². The van der Waals surface area contributed by atoms with E-state index in [0.717, 1.165) is 5.69 Å². The van der Waals surface area contributed by atoms with Crippen LogP contribution in [-0.4, -0.2) is 62.8 Å². The van der Waals surface area contributed by atoms with Gasteiger partial charge < -0.3 is 19.7 Å². The van der Waals surface area contributed by atoms with Crippen LogP contribution < -0.4 is 0 Å². The van der Waals surface area contributed by atoms with Gasteiger partial charge in [-0.05, 0) is 13.8 Å². The average Bonchev–Trinajstić information content (AvgIpc) is 2.87. The molecule has 0 aromatic carbocycles. The summed E-state index contributed by atoms with van der Waals surface area (Å²) in [5, 5.41) is 18.4. The lowest BCUT2D eigenvalue weighted by Crippen LogP contribution is -2.32. The maximum Gasteiger partial charge on any atom is 0.166 e. The summed E-state index contributed by atoms with van der Waals surface area (Å²) >= 11 is 0. The molecule has 116 valence electrons. The van der Waals surface area contributed by atoms with E-state index in [0.29, 0.717) is 17.0 Å². The molecule has 8 heteroatoms.